The summed E-state index contributed by atoms with van der Waals surface area (Å²) in [6.07, 6.45) is 4.51. The second-order valence-electron chi connectivity index (χ2n) is 6.68. The van der Waals surface area contributed by atoms with Crippen LogP contribution in [0.2, 0.25) is 0 Å². The molecule has 3 heterocycles. The van der Waals surface area contributed by atoms with Crippen molar-refractivity contribution in [2.75, 3.05) is 18.0 Å². The van der Waals surface area contributed by atoms with E-state index < -0.39 is 0 Å². The number of unbranched alkanes of at least 4 members (excludes halogenated alkanes) is 1. The first-order valence-electron chi connectivity index (χ1n) is 9.35. The van der Waals surface area contributed by atoms with Crippen LogP contribution in [-0.2, 0) is 6.42 Å². The number of hydrogen-bond acceptors (Lipinski definition) is 3. The van der Waals surface area contributed by atoms with Gasteiger partial charge >= 0.3 is 0 Å². The van der Waals surface area contributed by atoms with Crippen LogP contribution in [-0.4, -0.2) is 34.3 Å². The zero-order valence-electron chi connectivity index (χ0n) is 15.3. The van der Waals surface area contributed by atoms with Gasteiger partial charge in [0.1, 0.15) is 0 Å². The minimum Gasteiger partial charge on any atom is -0.349 e. The highest BCUT2D eigenvalue weighted by Crippen LogP contribution is 2.29. The van der Waals surface area contributed by atoms with Crippen molar-refractivity contribution in [3.8, 4) is 0 Å². The molecule has 1 N–H and O–H groups in total. The van der Waals surface area contributed by atoms with Gasteiger partial charge in [0.2, 0.25) is 5.82 Å². The van der Waals surface area contributed by atoms with Crippen LogP contribution in [0.5, 0.6) is 0 Å². The summed E-state index contributed by atoms with van der Waals surface area (Å²) in [7, 11) is 0. The summed E-state index contributed by atoms with van der Waals surface area (Å²) in [6, 6.07) is 13.4. The zero-order chi connectivity index (χ0) is 18.8. The van der Waals surface area contributed by atoms with E-state index in [-0.39, 0.29) is 17.6 Å². The second-order valence-corrected chi connectivity index (χ2v) is 6.68. The fourth-order valence-electron chi connectivity index (χ4n) is 3.49. The second kappa shape index (κ2) is 7.23. The van der Waals surface area contributed by atoms with E-state index in [0.29, 0.717) is 24.3 Å². The number of pyridine rings is 1. The lowest BCUT2D eigenvalue weighted by Crippen LogP contribution is -2.29. The minimum absolute atomic E-state index is 0.170. The van der Waals surface area contributed by atoms with Crippen LogP contribution in [0.15, 0.2) is 48.7 Å². The maximum absolute atomic E-state index is 13.2. The highest BCUT2D eigenvalue weighted by molar-refractivity contribution is 6.11. The fraction of sp³-hybridized carbons (Fsp3) is 0.286. The number of rotatable bonds is 5. The molecule has 0 saturated heterocycles. The van der Waals surface area contributed by atoms with Gasteiger partial charge in [-0.2, -0.15) is 0 Å². The molecule has 27 heavy (non-hydrogen) atoms. The van der Waals surface area contributed by atoms with Gasteiger partial charge in [0.05, 0.1) is 5.52 Å². The maximum Gasteiger partial charge on any atom is 0.287 e. The molecule has 6 heteroatoms. The quantitative estimate of drug-likeness (QED) is 0.710. The normalized spacial score (nSPS) is 13.0. The molecule has 3 aromatic rings. The summed E-state index contributed by atoms with van der Waals surface area (Å²) in [5, 5.41) is 2.88. The standard InChI is InChI=1S/C21H22N4O2/c1-2-3-12-22-20(26)19-23-18(17-10-6-7-13-24(17)19)21(27)25-14-11-15-8-4-5-9-16(15)25/h4-10,13H,2-3,11-12,14H2,1H3,(H,22,26). The molecule has 1 aliphatic rings. The number of anilines is 1. The topological polar surface area (TPSA) is 66.7 Å². The largest absolute Gasteiger partial charge is 0.349 e. The monoisotopic (exact) mass is 362 g/mol. The van der Waals surface area contributed by atoms with Crippen molar-refractivity contribution in [3.05, 3.63) is 65.7 Å². The van der Waals surface area contributed by atoms with Crippen LogP contribution in [0.1, 0.15) is 46.4 Å². The van der Waals surface area contributed by atoms with Crippen LogP contribution < -0.4 is 10.2 Å². The van der Waals surface area contributed by atoms with Gasteiger partial charge in [-0.25, -0.2) is 4.98 Å². The summed E-state index contributed by atoms with van der Waals surface area (Å²) >= 11 is 0. The Hall–Kier alpha value is -3.15. The minimum atomic E-state index is -0.259. The van der Waals surface area contributed by atoms with Crippen molar-refractivity contribution in [2.24, 2.45) is 0 Å². The molecule has 2 aromatic heterocycles. The lowest BCUT2D eigenvalue weighted by molar-refractivity contribution is 0.0942. The number of fused-ring (bicyclic) bond motifs is 2. The van der Waals surface area contributed by atoms with Crippen LogP contribution in [0.4, 0.5) is 5.69 Å². The molecule has 0 unspecified atom stereocenters. The van der Waals surface area contributed by atoms with E-state index in [2.05, 4.69) is 17.2 Å². The van der Waals surface area contributed by atoms with E-state index in [9.17, 15) is 9.59 Å². The summed E-state index contributed by atoms with van der Waals surface area (Å²) in [5.41, 5.74) is 3.04. The van der Waals surface area contributed by atoms with Crippen molar-refractivity contribution in [1.82, 2.24) is 14.7 Å². The number of para-hydroxylation sites is 1. The summed E-state index contributed by atoms with van der Waals surface area (Å²) < 4.78 is 1.69. The highest BCUT2D eigenvalue weighted by Gasteiger charge is 2.29. The van der Waals surface area contributed by atoms with Crippen LogP contribution in [0.25, 0.3) is 5.52 Å². The van der Waals surface area contributed by atoms with Gasteiger partial charge in [-0.05, 0) is 36.6 Å². The first-order chi connectivity index (χ1) is 13.2. The number of carbonyl (C=O) groups excluding carboxylic acids is 2. The van der Waals surface area contributed by atoms with Gasteiger partial charge < -0.3 is 10.2 Å². The molecule has 0 atom stereocenters. The van der Waals surface area contributed by atoms with Gasteiger partial charge in [-0.3, -0.25) is 14.0 Å². The van der Waals surface area contributed by atoms with Crippen molar-refractivity contribution in [3.63, 3.8) is 0 Å². The van der Waals surface area contributed by atoms with Crippen molar-refractivity contribution in [1.29, 1.82) is 0 Å². The number of aromatic nitrogens is 2. The third kappa shape index (κ3) is 3.07. The number of benzene rings is 1. The van der Waals surface area contributed by atoms with Crippen LogP contribution in [0, 0.1) is 0 Å². The predicted molar refractivity (Wildman–Crippen MR) is 104 cm³/mol. The molecular weight excluding hydrogens is 340 g/mol. The van der Waals surface area contributed by atoms with Crippen molar-refractivity contribution < 1.29 is 9.59 Å². The maximum atomic E-state index is 13.2. The Morgan fingerprint density at radius 2 is 1.96 bits per heavy atom. The Morgan fingerprint density at radius 1 is 1.15 bits per heavy atom. The summed E-state index contributed by atoms with van der Waals surface area (Å²) in [6.45, 7) is 3.30. The van der Waals surface area contributed by atoms with Crippen molar-refractivity contribution >= 4 is 23.0 Å². The van der Waals surface area contributed by atoms with Gasteiger partial charge in [0.25, 0.3) is 11.8 Å². The Labute approximate surface area is 157 Å². The molecule has 0 spiro atoms. The first-order valence-corrected chi connectivity index (χ1v) is 9.35. The van der Waals surface area contributed by atoms with E-state index >= 15 is 0 Å². The number of nitrogens with one attached hydrogen (secondary N) is 1. The fourth-order valence-corrected chi connectivity index (χ4v) is 3.49. The van der Waals surface area contributed by atoms with Crippen LogP contribution >= 0.6 is 0 Å². The molecule has 0 fully saturated rings. The molecule has 6 nitrogen and oxygen atoms in total. The van der Waals surface area contributed by atoms with Gasteiger partial charge in [-0.1, -0.05) is 37.6 Å². The Morgan fingerprint density at radius 3 is 2.81 bits per heavy atom. The Balaban J connectivity index is 1.70. The number of nitrogens with zero attached hydrogens (tertiary/aromatic N) is 3. The van der Waals surface area contributed by atoms with Crippen LogP contribution in [0.3, 0.4) is 0 Å². The Bertz CT molecular complexity index is 1010. The lowest BCUT2D eigenvalue weighted by Gasteiger charge is -2.16. The number of hydrogen-bond donors (Lipinski definition) is 1. The smallest absolute Gasteiger partial charge is 0.287 e. The molecule has 2 amide bonds. The molecule has 0 aliphatic carbocycles. The van der Waals surface area contributed by atoms with E-state index in [1.807, 2.05) is 42.5 Å². The number of amides is 2. The Kier molecular flexibility index (Phi) is 4.62. The lowest BCUT2D eigenvalue weighted by atomic mass is 10.2. The molecule has 1 aromatic carbocycles. The SMILES string of the molecule is CCCCNC(=O)c1nc(C(=O)N2CCc3ccccc32)c2ccccn12. The van der Waals surface area contributed by atoms with E-state index in [4.69, 9.17) is 0 Å². The van der Waals surface area contributed by atoms with Gasteiger partial charge in [0, 0.05) is 25.0 Å². The average molecular weight is 362 g/mol. The third-order valence-electron chi connectivity index (χ3n) is 4.90. The number of imidazole rings is 1. The first kappa shape index (κ1) is 17.3. The third-order valence-corrected chi connectivity index (χ3v) is 4.90. The summed E-state index contributed by atoms with van der Waals surface area (Å²) in [5.74, 6) is -0.181. The van der Waals surface area contributed by atoms with E-state index in [1.165, 1.54) is 0 Å². The molecular formula is C21H22N4O2. The van der Waals surface area contributed by atoms with Gasteiger partial charge in [0.15, 0.2) is 5.69 Å². The van der Waals surface area contributed by atoms with E-state index in [1.54, 1.807) is 15.5 Å². The predicted octanol–water partition coefficient (Wildman–Crippen LogP) is 3.07. The number of carbonyl (C=O) groups is 2. The molecule has 0 saturated carbocycles. The van der Waals surface area contributed by atoms with E-state index in [0.717, 1.165) is 30.5 Å². The summed E-state index contributed by atoms with van der Waals surface area (Å²) in [4.78, 5) is 32.0. The molecule has 1 aliphatic heterocycles. The molecule has 0 bridgehead atoms. The molecule has 138 valence electrons. The van der Waals surface area contributed by atoms with Crippen molar-refractivity contribution in [2.45, 2.75) is 26.2 Å². The van der Waals surface area contributed by atoms with Gasteiger partial charge in [-0.15, -0.1) is 0 Å². The average Bonchev–Trinajstić information content (AvgIpc) is 3.30. The zero-order valence-corrected chi connectivity index (χ0v) is 15.3. The molecule has 4 rings (SSSR count). The highest BCUT2D eigenvalue weighted by atomic mass is 16.2. The molecule has 0 radical (unpaired) electrons.